The van der Waals surface area contributed by atoms with E-state index in [1.807, 2.05) is 0 Å². The van der Waals surface area contributed by atoms with Crippen LogP contribution in [0, 0.1) is 3.57 Å². The lowest BCUT2D eigenvalue weighted by Crippen LogP contribution is -2.23. The van der Waals surface area contributed by atoms with Crippen molar-refractivity contribution in [2.24, 2.45) is 0 Å². The molecule has 0 N–H and O–H groups in total. The van der Waals surface area contributed by atoms with Crippen molar-refractivity contribution in [3.8, 4) is 0 Å². The number of hydrogen-bond donors (Lipinski definition) is 0. The molecule has 0 spiro atoms. The Morgan fingerprint density at radius 2 is 1.86 bits per heavy atom. The number of para-hydroxylation sites is 2. The molecule has 0 bridgehead atoms. The van der Waals surface area contributed by atoms with E-state index in [2.05, 4.69) is 97.8 Å². The topological polar surface area (TPSA) is 6.48 Å². The quantitative estimate of drug-likeness (QED) is 0.593. The molecule has 0 aliphatic carbocycles. The molecule has 2 aromatic rings. The summed E-state index contributed by atoms with van der Waals surface area (Å²) in [7, 11) is 2.18. The van der Waals surface area contributed by atoms with E-state index in [1.54, 1.807) is 0 Å². The van der Waals surface area contributed by atoms with Crippen molar-refractivity contribution in [2.75, 3.05) is 29.9 Å². The largest absolute Gasteiger partial charge is 0.373 e. The fraction of sp³-hybridized carbons (Fsp3) is 0.294. The highest BCUT2D eigenvalue weighted by Crippen LogP contribution is 2.33. The molecule has 0 amide bonds. The summed E-state index contributed by atoms with van der Waals surface area (Å²) in [5.41, 5.74) is 4.01. The van der Waals surface area contributed by atoms with Crippen LogP contribution in [0.4, 0.5) is 11.4 Å². The van der Waals surface area contributed by atoms with Crippen LogP contribution >= 0.6 is 38.5 Å². The Bertz CT molecular complexity index is 644. The van der Waals surface area contributed by atoms with Crippen LogP contribution in [0.25, 0.3) is 0 Å². The summed E-state index contributed by atoms with van der Waals surface area (Å²) in [4.78, 5) is 4.85. The average Bonchev–Trinajstić information content (AvgIpc) is 2.63. The van der Waals surface area contributed by atoms with Crippen LogP contribution in [0.3, 0.4) is 0 Å². The predicted molar refractivity (Wildman–Crippen MR) is 102 cm³/mol. The van der Waals surface area contributed by atoms with Crippen molar-refractivity contribution in [1.29, 1.82) is 0 Å². The highest BCUT2D eigenvalue weighted by molar-refractivity contribution is 14.1. The molecule has 21 heavy (non-hydrogen) atoms. The first-order chi connectivity index (χ1) is 10.1. The zero-order valence-corrected chi connectivity index (χ0v) is 15.8. The Hall–Kier alpha value is -0.750. The van der Waals surface area contributed by atoms with Gasteiger partial charge in [0.15, 0.2) is 0 Å². The van der Waals surface area contributed by atoms with Crippen LogP contribution in [0.5, 0.6) is 0 Å². The van der Waals surface area contributed by atoms with Gasteiger partial charge in [0.2, 0.25) is 0 Å². The Kier molecular flexibility index (Phi) is 4.74. The third-order valence-electron chi connectivity index (χ3n) is 3.93. The molecule has 110 valence electrons. The molecule has 2 nitrogen and oxygen atoms in total. The molecular formula is C17H18BrIN2. The fourth-order valence-electron chi connectivity index (χ4n) is 2.81. The SMILES string of the molecule is CN1CCCN(Cc2ccc(I)cc2Br)c2ccccc21. The van der Waals surface area contributed by atoms with Gasteiger partial charge in [-0.1, -0.05) is 34.1 Å². The molecule has 1 heterocycles. The maximum atomic E-state index is 3.70. The molecule has 0 aromatic heterocycles. The summed E-state index contributed by atoms with van der Waals surface area (Å²) in [5.74, 6) is 0. The minimum atomic E-state index is 0.947. The van der Waals surface area contributed by atoms with E-state index in [-0.39, 0.29) is 0 Å². The molecule has 0 atom stereocenters. The molecule has 2 aromatic carbocycles. The van der Waals surface area contributed by atoms with Gasteiger partial charge in [-0.3, -0.25) is 0 Å². The van der Waals surface area contributed by atoms with Crippen molar-refractivity contribution in [3.05, 3.63) is 56.1 Å². The zero-order chi connectivity index (χ0) is 14.8. The van der Waals surface area contributed by atoms with Gasteiger partial charge in [-0.15, -0.1) is 0 Å². The van der Waals surface area contributed by atoms with Crippen LogP contribution < -0.4 is 9.80 Å². The lowest BCUT2D eigenvalue weighted by Gasteiger charge is -2.26. The standard InChI is InChI=1S/C17H18BrIN2/c1-20-9-4-10-21(17-6-3-2-5-16(17)20)12-13-7-8-14(19)11-15(13)18/h2-3,5-8,11H,4,9-10,12H2,1H3. The third kappa shape index (κ3) is 3.37. The van der Waals surface area contributed by atoms with Gasteiger partial charge in [0.25, 0.3) is 0 Å². The second-order valence-electron chi connectivity index (χ2n) is 5.42. The van der Waals surface area contributed by atoms with E-state index in [1.165, 1.54) is 31.4 Å². The number of anilines is 2. The van der Waals surface area contributed by atoms with Crippen molar-refractivity contribution >= 4 is 49.9 Å². The lowest BCUT2D eigenvalue weighted by molar-refractivity contribution is 0.742. The van der Waals surface area contributed by atoms with Gasteiger partial charge in [0, 0.05) is 34.7 Å². The molecule has 0 saturated heterocycles. The number of rotatable bonds is 2. The number of benzene rings is 2. The first kappa shape index (κ1) is 15.2. The van der Waals surface area contributed by atoms with E-state index >= 15 is 0 Å². The molecule has 0 unspecified atom stereocenters. The second-order valence-corrected chi connectivity index (χ2v) is 7.52. The van der Waals surface area contributed by atoms with Crippen LogP contribution in [-0.4, -0.2) is 20.1 Å². The molecule has 4 heteroatoms. The average molecular weight is 457 g/mol. The number of fused-ring (bicyclic) bond motifs is 1. The van der Waals surface area contributed by atoms with Crippen LogP contribution in [0.2, 0.25) is 0 Å². The van der Waals surface area contributed by atoms with E-state index in [0.717, 1.165) is 19.6 Å². The maximum absolute atomic E-state index is 3.70. The summed E-state index contributed by atoms with van der Waals surface area (Å²) >= 11 is 6.06. The Labute approximate surface area is 148 Å². The first-order valence-corrected chi connectivity index (χ1v) is 9.01. The van der Waals surface area contributed by atoms with Crippen molar-refractivity contribution in [1.82, 2.24) is 0 Å². The van der Waals surface area contributed by atoms with Gasteiger partial charge < -0.3 is 9.80 Å². The first-order valence-electron chi connectivity index (χ1n) is 7.14. The predicted octanol–water partition coefficient (Wildman–Crippen LogP) is 4.90. The molecular weight excluding hydrogens is 439 g/mol. The Morgan fingerprint density at radius 1 is 1.10 bits per heavy atom. The van der Waals surface area contributed by atoms with E-state index < -0.39 is 0 Å². The van der Waals surface area contributed by atoms with Crippen LogP contribution in [0.1, 0.15) is 12.0 Å². The molecule has 1 aliphatic heterocycles. The van der Waals surface area contributed by atoms with Gasteiger partial charge in [-0.05, 0) is 58.8 Å². The van der Waals surface area contributed by atoms with Gasteiger partial charge in [0.05, 0.1) is 11.4 Å². The summed E-state index contributed by atoms with van der Waals surface area (Å²) in [6.45, 7) is 3.16. The highest BCUT2D eigenvalue weighted by atomic mass is 127. The molecule has 0 saturated carbocycles. The van der Waals surface area contributed by atoms with Gasteiger partial charge in [0.1, 0.15) is 0 Å². The monoisotopic (exact) mass is 456 g/mol. The summed E-state index contributed by atoms with van der Waals surface area (Å²) in [6.07, 6.45) is 1.19. The molecule has 1 aliphatic rings. The highest BCUT2D eigenvalue weighted by Gasteiger charge is 2.18. The van der Waals surface area contributed by atoms with Crippen molar-refractivity contribution in [2.45, 2.75) is 13.0 Å². The Morgan fingerprint density at radius 3 is 2.62 bits per heavy atom. The van der Waals surface area contributed by atoms with Gasteiger partial charge >= 0.3 is 0 Å². The molecule has 0 radical (unpaired) electrons. The number of nitrogens with zero attached hydrogens (tertiary/aromatic N) is 2. The molecule has 3 rings (SSSR count). The number of halogens is 2. The van der Waals surface area contributed by atoms with Gasteiger partial charge in [-0.2, -0.15) is 0 Å². The maximum Gasteiger partial charge on any atom is 0.0607 e. The normalized spacial score (nSPS) is 14.8. The van der Waals surface area contributed by atoms with Gasteiger partial charge in [-0.25, -0.2) is 0 Å². The second kappa shape index (κ2) is 6.57. The summed E-state index contributed by atoms with van der Waals surface area (Å²) in [6, 6.07) is 15.3. The number of hydrogen-bond acceptors (Lipinski definition) is 2. The van der Waals surface area contributed by atoms with Crippen molar-refractivity contribution in [3.63, 3.8) is 0 Å². The lowest BCUT2D eigenvalue weighted by atomic mass is 10.2. The van der Waals surface area contributed by atoms with E-state index in [4.69, 9.17) is 0 Å². The summed E-state index contributed by atoms with van der Waals surface area (Å²) in [5, 5.41) is 0. The summed E-state index contributed by atoms with van der Waals surface area (Å²) < 4.78 is 2.46. The van der Waals surface area contributed by atoms with Crippen LogP contribution in [-0.2, 0) is 6.54 Å². The van der Waals surface area contributed by atoms with E-state index in [0.29, 0.717) is 0 Å². The zero-order valence-electron chi connectivity index (χ0n) is 12.0. The van der Waals surface area contributed by atoms with Crippen LogP contribution in [0.15, 0.2) is 46.9 Å². The molecule has 0 fully saturated rings. The minimum Gasteiger partial charge on any atom is -0.373 e. The smallest absolute Gasteiger partial charge is 0.0607 e. The van der Waals surface area contributed by atoms with Crippen molar-refractivity contribution < 1.29 is 0 Å². The fourth-order valence-corrected chi connectivity index (χ4v) is 4.24. The van der Waals surface area contributed by atoms with E-state index in [9.17, 15) is 0 Å². The Balaban J connectivity index is 1.93. The third-order valence-corrected chi connectivity index (χ3v) is 5.34. The minimum absolute atomic E-state index is 0.947.